The van der Waals surface area contributed by atoms with E-state index in [9.17, 15) is 4.79 Å². The largest absolute Gasteiger partial charge is 0.348 e. The van der Waals surface area contributed by atoms with Crippen molar-refractivity contribution in [3.8, 4) is 11.3 Å². The lowest BCUT2D eigenvalue weighted by Crippen LogP contribution is -2.49. The molecule has 1 amide bonds. The normalized spacial score (nSPS) is 15.7. The highest BCUT2D eigenvalue weighted by molar-refractivity contribution is 7.16. The summed E-state index contributed by atoms with van der Waals surface area (Å²) < 4.78 is 0. The zero-order chi connectivity index (χ0) is 21.3. The van der Waals surface area contributed by atoms with Gasteiger partial charge in [-0.05, 0) is 55.0 Å². The smallest absolute Gasteiger partial charge is 0.236 e. The molecule has 2 aromatic heterocycles. The number of fused-ring (bicyclic) bond motifs is 1. The molecule has 6 heteroatoms. The van der Waals surface area contributed by atoms with Crippen LogP contribution >= 0.6 is 11.3 Å². The number of H-pyrrole nitrogens is 1. The molecule has 0 bridgehead atoms. The number of benzene rings is 1. The first kappa shape index (κ1) is 21.1. The van der Waals surface area contributed by atoms with Crippen molar-refractivity contribution >= 4 is 27.5 Å². The number of aromatic amines is 1. The monoisotopic (exact) mass is 424 g/mol. The number of likely N-dealkylation sites (N-methyl/N-ethyl adjacent to an activating group) is 1. The highest BCUT2D eigenvalue weighted by Crippen LogP contribution is 2.34. The number of hydrogen-bond donors (Lipinski definition) is 1. The average molecular weight is 425 g/mol. The third-order valence-electron chi connectivity index (χ3n) is 6.04. The SMILES string of the molecule is Cc1cc(C)cc(-c2[nH]c3sccc3c2CCN2CCN(CC(=O)N(C)C)CC2)c1. The van der Waals surface area contributed by atoms with Gasteiger partial charge in [-0.3, -0.25) is 9.69 Å². The van der Waals surface area contributed by atoms with E-state index in [-0.39, 0.29) is 5.91 Å². The van der Waals surface area contributed by atoms with Crippen LogP contribution in [0.3, 0.4) is 0 Å². The fourth-order valence-electron chi connectivity index (χ4n) is 4.37. The molecule has 5 nitrogen and oxygen atoms in total. The first-order valence-electron chi connectivity index (χ1n) is 10.7. The van der Waals surface area contributed by atoms with E-state index < -0.39 is 0 Å². The molecule has 1 aliphatic rings. The van der Waals surface area contributed by atoms with Crippen molar-refractivity contribution in [3.05, 3.63) is 46.3 Å². The first-order valence-corrected chi connectivity index (χ1v) is 11.6. The highest BCUT2D eigenvalue weighted by atomic mass is 32.1. The molecule has 0 saturated carbocycles. The molecule has 3 aromatic rings. The second kappa shape index (κ2) is 8.92. The maximum Gasteiger partial charge on any atom is 0.236 e. The van der Waals surface area contributed by atoms with Gasteiger partial charge < -0.3 is 14.8 Å². The number of aromatic nitrogens is 1. The Hall–Kier alpha value is -2.15. The van der Waals surface area contributed by atoms with Gasteiger partial charge in [-0.2, -0.15) is 0 Å². The number of piperazine rings is 1. The van der Waals surface area contributed by atoms with Crippen LogP contribution in [0.5, 0.6) is 0 Å². The Kier molecular flexibility index (Phi) is 6.27. The van der Waals surface area contributed by atoms with Gasteiger partial charge in [-0.25, -0.2) is 0 Å². The minimum Gasteiger partial charge on any atom is -0.348 e. The lowest BCUT2D eigenvalue weighted by atomic mass is 10.00. The molecule has 0 unspecified atom stereocenters. The molecular weight excluding hydrogens is 392 g/mol. The van der Waals surface area contributed by atoms with Gasteiger partial charge in [0.05, 0.1) is 12.2 Å². The minimum atomic E-state index is 0.189. The molecule has 1 N–H and O–H groups in total. The zero-order valence-electron chi connectivity index (χ0n) is 18.5. The molecule has 1 saturated heterocycles. The van der Waals surface area contributed by atoms with Crippen LogP contribution in [0.1, 0.15) is 16.7 Å². The fraction of sp³-hybridized carbons (Fsp3) is 0.458. The van der Waals surface area contributed by atoms with E-state index in [0.717, 1.165) is 39.1 Å². The van der Waals surface area contributed by atoms with E-state index in [1.807, 2.05) is 14.1 Å². The molecule has 1 aliphatic heterocycles. The second-order valence-electron chi connectivity index (χ2n) is 8.67. The number of carbonyl (C=O) groups excluding carboxylic acids is 1. The molecule has 4 rings (SSSR count). The van der Waals surface area contributed by atoms with E-state index >= 15 is 0 Å². The van der Waals surface area contributed by atoms with Gasteiger partial charge >= 0.3 is 0 Å². The molecule has 0 aliphatic carbocycles. The summed E-state index contributed by atoms with van der Waals surface area (Å²) in [6, 6.07) is 9.05. The number of aryl methyl sites for hydroxylation is 2. The van der Waals surface area contributed by atoms with Gasteiger partial charge in [0.2, 0.25) is 5.91 Å². The summed E-state index contributed by atoms with van der Waals surface area (Å²) in [6.07, 6.45) is 1.04. The highest BCUT2D eigenvalue weighted by Gasteiger charge is 2.21. The van der Waals surface area contributed by atoms with Crippen LogP contribution < -0.4 is 0 Å². The zero-order valence-corrected chi connectivity index (χ0v) is 19.3. The van der Waals surface area contributed by atoms with Crippen LogP contribution in [0.4, 0.5) is 0 Å². The summed E-state index contributed by atoms with van der Waals surface area (Å²) in [6.45, 7) is 9.90. The van der Waals surface area contributed by atoms with E-state index in [0.29, 0.717) is 6.54 Å². The van der Waals surface area contributed by atoms with Crippen molar-refractivity contribution in [1.82, 2.24) is 19.7 Å². The third kappa shape index (κ3) is 4.61. The molecule has 0 radical (unpaired) electrons. The lowest BCUT2D eigenvalue weighted by Gasteiger charge is -2.34. The van der Waals surface area contributed by atoms with E-state index in [4.69, 9.17) is 0 Å². The Morgan fingerprint density at radius 3 is 2.40 bits per heavy atom. The standard InChI is InChI=1S/C24H32N4OS/c1-17-13-18(2)15-19(14-17)23-20(21-6-12-30-24(21)25-23)5-7-27-8-10-28(11-9-27)16-22(29)26(3)4/h6,12-15,25H,5,7-11,16H2,1-4H3. The first-order chi connectivity index (χ1) is 14.4. The predicted molar refractivity (Wildman–Crippen MR) is 126 cm³/mol. The molecule has 3 heterocycles. The molecule has 30 heavy (non-hydrogen) atoms. The van der Waals surface area contributed by atoms with Crippen molar-refractivity contribution in [2.24, 2.45) is 0 Å². The van der Waals surface area contributed by atoms with Gasteiger partial charge in [0.1, 0.15) is 4.83 Å². The third-order valence-corrected chi connectivity index (χ3v) is 6.87. The summed E-state index contributed by atoms with van der Waals surface area (Å²) in [4.78, 5) is 23.4. The van der Waals surface area contributed by atoms with Crippen molar-refractivity contribution in [1.29, 1.82) is 0 Å². The van der Waals surface area contributed by atoms with Crippen molar-refractivity contribution in [3.63, 3.8) is 0 Å². The van der Waals surface area contributed by atoms with Crippen molar-refractivity contribution in [2.75, 3.05) is 53.4 Å². The van der Waals surface area contributed by atoms with Crippen molar-refractivity contribution in [2.45, 2.75) is 20.3 Å². The summed E-state index contributed by atoms with van der Waals surface area (Å²) in [5.74, 6) is 0.189. The van der Waals surface area contributed by atoms with Crippen LogP contribution in [0.25, 0.3) is 21.5 Å². The maximum absolute atomic E-state index is 12.0. The topological polar surface area (TPSA) is 42.6 Å². The molecular formula is C24H32N4OS. The van der Waals surface area contributed by atoms with Crippen LogP contribution in [-0.2, 0) is 11.2 Å². The van der Waals surface area contributed by atoms with Crippen LogP contribution in [-0.4, -0.2) is 79.0 Å². The second-order valence-corrected chi connectivity index (χ2v) is 9.59. The number of rotatable bonds is 6. The Balaban J connectivity index is 1.45. The van der Waals surface area contributed by atoms with Gasteiger partial charge in [-0.15, -0.1) is 11.3 Å². The average Bonchev–Trinajstić information content (AvgIpc) is 3.28. The van der Waals surface area contributed by atoms with E-state index in [1.54, 1.807) is 16.2 Å². The Morgan fingerprint density at radius 2 is 1.73 bits per heavy atom. The summed E-state index contributed by atoms with van der Waals surface area (Å²) in [5.41, 5.74) is 6.60. The number of thiophene rings is 1. The molecule has 0 atom stereocenters. The van der Waals surface area contributed by atoms with Gasteiger partial charge in [0.25, 0.3) is 0 Å². The van der Waals surface area contributed by atoms with Crippen LogP contribution in [0.15, 0.2) is 29.6 Å². The number of hydrogen-bond acceptors (Lipinski definition) is 4. The summed E-state index contributed by atoms with van der Waals surface area (Å²) >= 11 is 1.78. The molecule has 160 valence electrons. The van der Waals surface area contributed by atoms with Crippen molar-refractivity contribution < 1.29 is 4.79 Å². The Morgan fingerprint density at radius 1 is 1.07 bits per heavy atom. The quantitative estimate of drug-likeness (QED) is 0.655. The van der Waals surface area contributed by atoms with Crippen LogP contribution in [0, 0.1) is 13.8 Å². The van der Waals surface area contributed by atoms with Gasteiger partial charge in [0, 0.05) is 52.2 Å². The molecule has 1 aromatic carbocycles. The molecule has 0 spiro atoms. The number of nitrogens with zero attached hydrogens (tertiary/aromatic N) is 3. The lowest BCUT2D eigenvalue weighted by molar-refractivity contribution is -0.130. The number of carbonyl (C=O) groups is 1. The molecule has 1 fully saturated rings. The van der Waals surface area contributed by atoms with Gasteiger partial charge in [0.15, 0.2) is 0 Å². The number of amides is 1. The van der Waals surface area contributed by atoms with E-state index in [2.05, 4.69) is 58.3 Å². The fourth-order valence-corrected chi connectivity index (χ4v) is 5.19. The number of nitrogens with one attached hydrogen (secondary N) is 1. The Labute approximate surface area is 183 Å². The maximum atomic E-state index is 12.0. The van der Waals surface area contributed by atoms with E-state index in [1.165, 1.54) is 38.2 Å². The summed E-state index contributed by atoms with van der Waals surface area (Å²) in [7, 11) is 3.65. The van der Waals surface area contributed by atoms with Gasteiger partial charge in [-0.1, -0.05) is 17.2 Å². The van der Waals surface area contributed by atoms with Crippen LogP contribution in [0.2, 0.25) is 0 Å². The minimum absolute atomic E-state index is 0.189. The summed E-state index contributed by atoms with van der Waals surface area (Å²) in [5, 5.41) is 3.54. The Bertz CT molecular complexity index is 1010. The predicted octanol–water partition coefficient (Wildman–Crippen LogP) is 3.76.